The number of aromatic nitrogens is 3. The molecule has 0 aliphatic carbocycles. The van der Waals surface area contributed by atoms with Crippen molar-refractivity contribution in [2.24, 2.45) is 5.73 Å². The van der Waals surface area contributed by atoms with Crippen LogP contribution in [0.3, 0.4) is 0 Å². The van der Waals surface area contributed by atoms with Gasteiger partial charge in [-0.25, -0.2) is 4.68 Å². The molecule has 0 radical (unpaired) electrons. The number of nitro benzene ring substituents is 1. The van der Waals surface area contributed by atoms with Crippen LogP contribution in [0.1, 0.15) is 25.1 Å². The summed E-state index contributed by atoms with van der Waals surface area (Å²) in [5.41, 5.74) is 7.06. The number of benzene rings is 1. The molecular weight excluding hydrogens is 314 g/mol. The molecule has 1 aromatic heterocycles. The van der Waals surface area contributed by atoms with Crippen LogP contribution in [-0.2, 0) is 0 Å². The Balaban J connectivity index is 2.39. The first-order valence-corrected chi connectivity index (χ1v) is 6.44. The Morgan fingerprint density at radius 3 is 2.95 bits per heavy atom. The van der Waals surface area contributed by atoms with Crippen molar-refractivity contribution in [2.45, 2.75) is 19.4 Å². The molecule has 2 N–H and O–H groups in total. The van der Waals surface area contributed by atoms with Gasteiger partial charge in [-0.3, -0.25) is 10.1 Å². The van der Waals surface area contributed by atoms with Gasteiger partial charge >= 0.3 is 0 Å². The molecule has 8 heteroatoms. The highest BCUT2D eigenvalue weighted by Crippen LogP contribution is 2.27. The molecule has 0 bridgehead atoms. The van der Waals surface area contributed by atoms with Crippen LogP contribution in [0, 0.1) is 10.1 Å². The largest absolute Gasteiger partial charge is 0.323 e. The lowest BCUT2D eigenvalue weighted by Crippen LogP contribution is -2.08. The van der Waals surface area contributed by atoms with Gasteiger partial charge in [-0.15, -0.1) is 5.10 Å². The first-order chi connectivity index (χ1) is 9.02. The molecule has 2 aromatic rings. The summed E-state index contributed by atoms with van der Waals surface area (Å²) in [4.78, 5) is 10.4. The van der Waals surface area contributed by atoms with Crippen molar-refractivity contribution in [3.05, 3.63) is 44.7 Å². The Morgan fingerprint density at radius 2 is 2.32 bits per heavy atom. The molecule has 0 saturated carbocycles. The average Bonchev–Trinajstić information content (AvgIpc) is 2.87. The van der Waals surface area contributed by atoms with E-state index in [1.165, 1.54) is 10.7 Å². The van der Waals surface area contributed by atoms with E-state index in [9.17, 15) is 10.1 Å². The smallest absolute Gasteiger partial charge is 0.285 e. The Labute approximate surface area is 117 Å². The third kappa shape index (κ3) is 2.79. The zero-order valence-corrected chi connectivity index (χ0v) is 11.7. The van der Waals surface area contributed by atoms with E-state index < -0.39 is 4.92 Å². The van der Waals surface area contributed by atoms with Crippen LogP contribution in [0.5, 0.6) is 0 Å². The van der Waals surface area contributed by atoms with Gasteiger partial charge in [-0.05, 0) is 34.5 Å². The number of halogens is 1. The molecule has 0 aliphatic rings. The lowest BCUT2D eigenvalue weighted by atomic mass is 10.2. The second-order valence-corrected chi connectivity index (χ2v) is 4.85. The molecule has 1 heterocycles. The van der Waals surface area contributed by atoms with Gasteiger partial charge in [0, 0.05) is 6.07 Å². The summed E-state index contributed by atoms with van der Waals surface area (Å²) in [6.45, 7) is 1.95. The topological polar surface area (TPSA) is 99.9 Å². The van der Waals surface area contributed by atoms with Crippen molar-refractivity contribution in [3.8, 4) is 5.69 Å². The summed E-state index contributed by atoms with van der Waals surface area (Å²) in [5, 5.41) is 18.8. The standard InChI is InChI=1S/C11H12BrN5O2/c1-2-9(13)10-6-16(15-14-10)7-3-4-8(12)11(5-7)17(18)19/h3-6,9H,2,13H2,1H3. The highest BCUT2D eigenvalue weighted by Gasteiger charge is 2.15. The number of nitro groups is 1. The van der Waals surface area contributed by atoms with E-state index in [4.69, 9.17) is 5.73 Å². The van der Waals surface area contributed by atoms with Crippen molar-refractivity contribution in [2.75, 3.05) is 0 Å². The molecule has 1 unspecified atom stereocenters. The van der Waals surface area contributed by atoms with Crippen LogP contribution < -0.4 is 5.73 Å². The van der Waals surface area contributed by atoms with Crippen molar-refractivity contribution < 1.29 is 4.92 Å². The molecule has 0 saturated heterocycles. The van der Waals surface area contributed by atoms with Gasteiger partial charge in [0.2, 0.25) is 0 Å². The molecule has 0 spiro atoms. The van der Waals surface area contributed by atoms with Gasteiger partial charge < -0.3 is 5.73 Å². The summed E-state index contributed by atoms with van der Waals surface area (Å²) >= 11 is 3.14. The van der Waals surface area contributed by atoms with Crippen molar-refractivity contribution in [1.82, 2.24) is 15.0 Å². The third-order valence-electron chi connectivity index (χ3n) is 2.72. The van der Waals surface area contributed by atoms with E-state index in [-0.39, 0.29) is 11.7 Å². The Kier molecular flexibility index (Phi) is 3.91. The van der Waals surface area contributed by atoms with E-state index in [2.05, 4.69) is 26.2 Å². The third-order valence-corrected chi connectivity index (χ3v) is 3.39. The monoisotopic (exact) mass is 325 g/mol. The van der Waals surface area contributed by atoms with Crippen LogP contribution in [0.25, 0.3) is 5.69 Å². The number of hydrogen-bond acceptors (Lipinski definition) is 5. The SMILES string of the molecule is CCC(N)c1cn(-c2ccc(Br)c([N+](=O)[O-])c2)nn1. The number of rotatable bonds is 4. The van der Waals surface area contributed by atoms with Gasteiger partial charge in [-0.2, -0.15) is 0 Å². The van der Waals surface area contributed by atoms with Crippen LogP contribution in [0.4, 0.5) is 5.69 Å². The lowest BCUT2D eigenvalue weighted by molar-refractivity contribution is -0.385. The molecule has 100 valence electrons. The van der Waals surface area contributed by atoms with Gasteiger partial charge in [0.25, 0.3) is 5.69 Å². The van der Waals surface area contributed by atoms with E-state index >= 15 is 0 Å². The van der Waals surface area contributed by atoms with Crippen molar-refractivity contribution in [1.29, 1.82) is 0 Å². The molecule has 1 atom stereocenters. The summed E-state index contributed by atoms with van der Waals surface area (Å²) < 4.78 is 1.90. The van der Waals surface area contributed by atoms with E-state index in [0.29, 0.717) is 15.9 Å². The summed E-state index contributed by atoms with van der Waals surface area (Å²) in [6, 6.07) is 4.57. The van der Waals surface area contributed by atoms with Crippen LogP contribution >= 0.6 is 15.9 Å². The molecule has 0 fully saturated rings. The highest BCUT2D eigenvalue weighted by molar-refractivity contribution is 9.10. The van der Waals surface area contributed by atoms with Crippen LogP contribution in [0.2, 0.25) is 0 Å². The van der Waals surface area contributed by atoms with Crippen molar-refractivity contribution >= 4 is 21.6 Å². The number of nitrogens with zero attached hydrogens (tertiary/aromatic N) is 4. The minimum atomic E-state index is -0.455. The Morgan fingerprint density at radius 1 is 1.58 bits per heavy atom. The van der Waals surface area contributed by atoms with E-state index in [0.717, 1.165) is 6.42 Å². The second-order valence-electron chi connectivity index (χ2n) is 4.00. The molecule has 19 heavy (non-hydrogen) atoms. The van der Waals surface area contributed by atoms with Crippen molar-refractivity contribution in [3.63, 3.8) is 0 Å². The van der Waals surface area contributed by atoms with Crippen LogP contribution in [0.15, 0.2) is 28.9 Å². The summed E-state index contributed by atoms with van der Waals surface area (Å²) in [7, 11) is 0. The molecule has 0 aliphatic heterocycles. The van der Waals surface area contributed by atoms with Gasteiger partial charge in [0.1, 0.15) is 0 Å². The van der Waals surface area contributed by atoms with E-state index in [1.54, 1.807) is 18.3 Å². The van der Waals surface area contributed by atoms with Crippen LogP contribution in [-0.4, -0.2) is 19.9 Å². The van der Waals surface area contributed by atoms with Gasteiger partial charge in [0.05, 0.1) is 33.0 Å². The quantitative estimate of drug-likeness (QED) is 0.686. The second kappa shape index (κ2) is 5.45. The maximum atomic E-state index is 10.9. The zero-order chi connectivity index (χ0) is 14.0. The maximum Gasteiger partial charge on any atom is 0.285 e. The molecule has 1 aromatic carbocycles. The fourth-order valence-corrected chi connectivity index (χ4v) is 1.96. The minimum absolute atomic E-state index is 0.0191. The molecule has 2 rings (SSSR count). The van der Waals surface area contributed by atoms with Gasteiger partial charge in [0.15, 0.2) is 0 Å². The summed E-state index contributed by atoms with van der Waals surface area (Å²) in [5.74, 6) is 0. The molecule has 0 amide bonds. The fraction of sp³-hybridized carbons (Fsp3) is 0.273. The fourth-order valence-electron chi connectivity index (χ4n) is 1.57. The van der Waals surface area contributed by atoms with Gasteiger partial charge in [-0.1, -0.05) is 12.1 Å². The highest BCUT2D eigenvalue weighted by atomic mass is 79.9. The average molecular weight is 326 g/mol. The maximum absolute atomic E-state index is 10.9. The molecular formula is C11H12BrN5O2. The Hall–Kier alpha value is -1.80. The first-order valence-electron chi connectivity index (χ1n) is 5.65. The predicted molar refractivity (Wildman–Crippen MR) is 72.9 cm³/mol. The minimum Gasteiger partial charge on any atom is -0.323 e. The first kappa shape index (κ1) is 13.6. The number of hydrogen-bond donors (Lipinski definition) is 1. The predicted octanol–water partition coefficient (Wildman–Crippen LogP) is 2.35. The summed E-state index contributed by atoms with van der Waals surface area (Å²) in [6.07, 6.45) is 2.43. The molecule has 7 nitrogen and oxygen atoms in total. The van der Waals surface area contributed by atoms with E-state index in [1.807, 2.05) is 6.92 Å². The lowest BCUT2D eigenvalue weighted by Gasteiger charge is -2.03. The zero-order valence-electron chi connectivity index (χ0n) is 10.2. The normalized spacial score (nSPS) is 12.4. The number of nitrogens with two attached hydrogens (primary N) is 1. The Bertz CT molecular complexity index is 613.